The maximum absolute atomic E-state index is 12.7. The van der Waals surface area contributed by atoms with Gasteiger partial charge >= 0.3 is 5.97 Å². The number of sulfonamides is 1. The molecule has 2 heterocycles. The van der Waals surface area contributed by atoms with Gasteiger partial charge in [0.1, 0.15) is 6.04 Å². The van der Waals surface area contributed by atoms with Gasteiger partial charge in [0.05, 0.1) is 5.25 Å². The number of nitrogens with zero attached hydrogens (tertiary/aromatic N) is 1. The van der Waals surface area contributed by atoms with E-state index in [0.29, 0.717) is 24.8 Å². The predicted molar refractivity (Wildman–Crippen MR) is 76.3 cm³/mol. The molecule has 0 spiro atoms. The van der Waals surface area contributed by atoms with E-state index in [9.17, 15) is 18.3 Å². The van der Waals surface area contributed by atoms with Gasteiger partial charge in [0.15, 0.2) is 0 Å². The van der Waals surface area contributed by atoms with Crippen LogP contribution >= 0.6 is 11.3 Å². The lowest BCUT2D eigenvalue weighted by Gasteiger charge is -2.34. The molecule has 0 saturated heterocycles. The molecular weight excluding hydrogens is 298 g/mol. The first kappa shape index (κ1) is 14.0. The van der Waals surface area contributed by atoms with Crippen LogP contribution in [0.3, 0.4) is 0 Å². The van der Waals surface area contributed by atoms with Gasteiger partial charge in [0.25, 0.3) is 0 Å². The average molecular weight is 315 g/mol. The number of carboxylic acids is 1. The summed E-state index contributed by atoms with van der Waals surface area (Å²) >= 11 is 1.51. The third-order valence-electron chi connectivity index (χ3n) is 4.21. The Balaban J connectivity index is 1.99. The van der Waals surface area contributed by atoms with E-state index >= 15 is 0 Å². The first-order valence-electron chi connectivity index (χ1n) is 6.81. The van der Waals surface area contributed by atoms with Gasteiger partial charge in [-0.2, -0.15) is 4.31 Å². The Morgan fingerprint density at radius 2 is 2.05 bits per heavy atom. The molecule has 0 bridgehead atoms. The van der Waals surface area contributed by atoms with Crippen molar-refractivity contribution < 1.29 is 18.3 Å². The quantitative estimate of drug-likeness (QED) is 0.926. The minimum Gasteiger partial charge on any atom is -0.480 e. The highest BCUT2D eigenvalue weighted by atomic mass is 32.2. The second-order valence-electron chi connectivity index (χ2n) is 5.35. The Bertz CT molecular complexity index is 616. The van der Waals surface area contributed by atoms with Crippen molar-refractivity contribution in [1.29, 1.82) is 0 Å². The van der Waals surface area contributed by atoms with Gasteiger partial charge in [-0.25, -0.2) is 8.42 Å². The Morgan fingerprint density at radius 1 is 1.35 bits per heavy atom. The van der Waals surface area contributed by atoms with Crippen LogP contribution < -0.4 is 0 Å². The molecule has 1 N–H and O–H groups in total. The fourth-order valence-corrected chi connectivity index (χ4v) is 6.26. The molecule has 0 aromatic carbocycles. The molecule has 1 atom stereocenters. The lowest BCUT2D eigenvalue weighted by Crippen LogP contribution is -2.46. The van der Waals surface area contributed by atoms with Crippen LogP contribution in [0, 0.1) is 0 Å². The molecule has 0 amide bonds. The molecule has 1 aliphatic heterocycles. The first-order valence-corrected chi connectivity index (χ1v) is 9.20. The number of hydrogen-bond donors (Lipinski definition) is 1. The molecule has 1 unspecified atom stereocenters. The molecule has 1 fully saturated rings. The minimum absolute atomic E-state index is 0.281. The van der Waals surface area contributed by atoms with Crippen molar-refractivity contribution in [2.24, 2.45) is 0 Å². The summed E-state index contributed by atoms with van der Waals surface area (Å²) in [5.41, 5.74) is 0.648. The minimum atomic E-state index is -3.52. The summed E-state index contributed by atoms with van der Waals surface area (Å²) in [6.45, 7) is 0.281. The van der Waals surface area contributed by atoms with Gasteiger partial charge in [0, 0.05) is 11.4 Å². The third-order valence-corrected chi connectivity index (χ3v) is 7.56. The average Bonchev–Trinajstić information content (AvgIpc) is 3.08. The van der Waals surface area contributed by atoms with Gasteiger partial charge in [0.2, 0.25) is 10.0 Å². The van der Waals surface area contributed by atoms with Crippen LogP contribution in [0.25, 0.3) is 0 Å². The van der Waals surface area contributed by atoms with Crippen LogP contribution in [0.4, 0.5) is 0 Å². The molecule has 110 valence electrons. The highest BCUT2D eigenvalue weighted by Crippen LogP contribution is 2.38. The van der Waals surface area contributed by atoms with Crippen molar-refractivity contribution in [1.82, 2.24) is 4.31 Å². The monoisotopic (exact) mass is 315 g/mol. The standard InChI is InChI=1S/C13H17NO4S2/c15-13(16)12-10-6-8-19-11(10)5-7-14(12)20(17,18)9-3-1-2-4-9/h6,8-9,12H,1-5,7H2,(H,15,16). The number of aliphatic carboxylic acids is 1. The Kier molecular flexibility index (Phi) is 3.60. The number of carboxylic acid groups (broad SMARTS) is 1. The fraction of sp³-hybridized carbons (Fsp3) is 0.615. The van der Waals surface area contributed by atoms with Crippen LogP contribution in [-0.4, -0.2) is 35.6 Å². The van der Waals surface area contributed by atoms with Crippen molar-refractivity contribution in [3.05, 3.63) is 21.9 Å². The molecule has 1 saturated carbocycles. The van der Waals surface area contributed by atoms with Crippen molar-refractivity contribution >= 4 is 27.3 Å². The maximum Gasteiger partial charge on any atom is 0.326 e. The van der Waals surface area contributed by atoms with E-state index in [-0.39, 0.29) is 6.54 Å². The van der Waals surface area contributed by atoms with Crippen LogP contribution in [0.1, 0.15) is 42.2 Å². The van der Waals surface area contributed by atoms with Crippen molar-refractivity contribution in [3.63, 3.8) is 0 Å². The third kappa shape index (κ3) is 2.17. The molecule has 1 aromatic rings. The zero-order valence-electron chi connectivity index (χ0n) is 11.0. The maximum atomic E-state index is 12.7. The largest absolute Gasteiger partial charge is 0.480 e. The first-order chi connectivity index (χ1) is 9.51. The lowest BCUT2D eigenvalue weighted by molar-refractivity contribution is -0.142. The lowest BCUT2D eigenvalue weighted by atomic mass is 10.0. The van der Waals surface area contributed by atoms with Crippen molar-refractivity contribution in [2.75, 3.05) is 6.54 Å². The Morgan fingerprint density at radius 3 is 2.70 bits per heavy atom. The summed E-state index contributed by atoms with van der Waals surface area (Å²) < 4.78 is 26.6. The van der Waals surface area contributed by atoms with Crippen LogP contribution in [0.2, 0.25) is 0 Å². The van der Waals surface area contributed by atoms with Crippen LogP contribution in [0.15, 0.2) is 11.4 Å². The Hall–Kier alpha value is -0.920. The second kappa shape index (κ2) is 5.13. The smallest absolute Gasteiger partial charge is 0.326 e. The highest BCUT2D eigenvalue weighted by molar-refractivity contribution is 7.89. The molecule has 5 nitrogen and oxygen atoms in total. The second-order valence-corrected chi connectivity index (χ2v) is 8.52. The van der Waals surface area contributed by atoms with Crippen molar-refractivity contribution in [2.45, 2.75) is 43.4 Å². The van der Waals surface area contributed by atoms with Gasteiger partial charge in [-0.1, -0.05) is 12.8 Å². The number of hydrogen-bond acceptors (Lipinski definition) is 4. The molecule has 2 aliphatic rings. The number of fused-ring (bicyclic) bond motifs is 1. The molecule has 1 aromatic heterocycles. The topological polar surface area (TPSA) is 74.7 Å². The molecule has 20 heavy (non-hydrogen) atoms. The van der Waals surface area contributed by atoms with E-state index in [4.69, 9.17) is 0 Å². The fourth-order valence-electron chi connectivity index (χ4n) is 3.20. The molecular formula is C13H17NO4S2. The molecule has 0 radical (unpaired) electrons. The molecule has 7 heteroatoms. The van der Waals surface area contributed by atoms with Gasteiger partial charge in [-0.3, -0.25) is 4.79 Å². The van der Waals surface area contributed by atoms with E-state index in [1.807, 2.05) is 5.38 Å². The normalized spacial score (nSPS) is 24.7. The molecule has 3 rings (SSSR count). The molecule has 1 aliphatic carbocycles. The number of carbonyl (C=O) groups is 1. The van der Waals surface area contributed by atoms with Crippen LogP contribution in [-0.2, 0) is 21.2 Å². The van der Waals surface area contributed by atoms with E-state index in [2.05, 4.69) is 0 Å². The summed E-state index contributed by atoms with van der Waals surface area (Å²) in [4.78, 5) is 12.6. The van der Waals surface area contributed by atoms with Gasteiger partial charge in [-0.05, 0) is 36.3 Å². The Labute approximate surface area is 122 Å². The summed E-state index contributed by atoms with van der Waals surface area (Å²) in [6, 6.07) is 0.699. The van der Waals surface area contributed by atoms with Gasteiger partial charge < -0.3 is 5.11 Å². The number of thiophene rings is 1. The summed E-state index contributed by atoms with van der Waals surface area (Å²) in [6.07, 6.45) is 3.75. The van der Waals surface area contributed by atoms with Crippen molar-refractivity contribution in [3.8, 4) is 0 Å². The SMILES string of the molecule is O=C(O)C1c2ccsc2CCN1S(=O)(=O)C1CCCC1. The van der Waals surface area contributed by atoms with Gasteiger partial charge in [-0.15, -0.1) is 11.3 Å². The predicted octanol–water partition coefficient (Wildman–Crippen LogP) is 2.00. The van der Waals surface area contributed by atoms with E-state index in [1.165, 1.54) is 15.6 Å². The summed E-state index contributed by atoms with van der Waals surface area (Å²) in [7, 11) is -3.52. The summed E-state index contributed by atoms with van der Waals surface area (Å²) in [5, 5.41) is 10.9. The zero-order valence-corrected chi connectivity index (χ0v) is 12.6. The highest BCUT2D eigenvalue weighted by Gasteiger charge is 2.44. The van der Waals surface area contributed by atoms with E-state index in [1.54, 1.807) is 6.07 Å². The number of rotatable bonds is 3. The van der Waals surface area contributed by atoms with E-state index < -0.39 is 27.3 Å². The van der Waals surface area contributed by atoms with Crippen LogP contribution in [0.5, 0.6) is 0 Å². The zero-order chi connectivity index (χ0) is 14.3. The summed E-state index contributed by atoms with van der Waals surface area (Å²) in [5.74, 6) is -1.08. The van der Waals surface area contributed by atoms with E-state index in [0.717, 1.165) is 17.7 Å².